The molecule has 0 fully saturated rings. The van der Waals surface area contributed by atoms with E-state index in [0.717, 1.165) is 0 Å². The molecular weight excluding hydrogens is 376 g/mol. The lowest BCUT2D eigenvalue weighted by Gasteiger charge is -2.12. The molecule has 0 unspecified atom stereocenters. The zero-order valence-electron chi connectivity index (χ0n) is 14.4. The number of methoxy groups -OCH3 is 1. The van der Waals surface area contributed by atoms with Crippen molar-refractivity contribution < 1.29 is 13.2 Å². The van der Waals surface area contributed by atoms with Crippen LogP contribution in [0.25, 0.3) is 10.9 Å². The molecule has 2 heterocycles. The van der Waals surface area contributed by atoms with Crippen molar-refractivity contribution in [2.45, 2.75) is 25.3 Å². The first-order valence-electron chi connectivity index (χ1n) is 7.72. The van der Waals surface area contributed by atoms with Gasteiger partial charge in [-0.3, -0.25) is 9.71 Å². The number of pyridine rings is 1. The number of nitrogens with zero attached hydrogens (tertiary/aromatic N) is 3. The second-order valence-corrected chi connectivity index (χ2v) is 7.78. The number of para-hydroxylation sites is 1. The summed E-state index contributed by atoms with van der Waals surface area (Å²) >= 11 is 6.23. The van der Waals surface area contributed by atoms with Crippen LogP contribution in [0.4, 0.5) is 5.69 Å². The van der Waals surface area contributed by atoms with Crippen molar-refractivity contribution in [3.63, 3.8) is 0 Å². The largest absolute Gasteiger partial charge is 0.377 e. The van der Waals surface area contributed by atoms with Gasteiger partial charge in [0.2, 0.25) is 0 Å². The number of hydrogen-bond acceptors (Lipinski definition) is 6. The molecule has 0 saturated carbocycles. The van der Waals surface area contributed by atoms with Gasteiger partial charge in [-0.25, -0.2) is 18.4 Å². The van der Waals surface area contributed by atoms with E-state index >= 15 is 0 Å². The molecule has 2 aromatic heterocycles. The Morgan fingerprint density at radius 1 is 1.23 bits per heavy atom. The molecule has 0 saturated heterocycles. The van der Waals surface area contributed by atoms with E-state index in [1.807, 2.05) is 0 Å². The minimum Gasteiger partial charge on any atom is -0.377 e. The minimum atomic E-state index is -3.90. The van der Waals surface area contributed by atoms with Crippen LogP contribution in [0.3, 0.4) is 0 Å². The van der Waals surface area contributed by atoms with Gasteiger partial charge in [0, 0.05) is 18.2 Å². The smallest absolute Gasteiger partial charge is 0.264 e. The lowest BCUT2D eigenvalue weighted by atomic mass is 10.2. The standard InChI is InChI=1S/C17H17ClN4O3S/c1-10-7-13(18)12-5-4-6-15(17(12)20-10)26(23,24)22-14-8-19-16(9-25-3)21-11(14)2/h4-8,22H,9H2,1-3H3. The Morgan fingerprint density at radius 2 is 2.00 bits per heavy atom. The van der Waals surface area contributed by atoms with Gasteiger partial charge in [0.05, 0.1) is 28.1 Å². The van der Waals surface area contributed by atoms with Crippen LogP contribution in [0.2, 0.25) is 5.02 Å². The van der Waals surface area contributed by atoms with Crippen LogP contribution in [-0.2, 0) is 21.4 Å². The highest BCUT2D eigenvalue weighted by Gasteiger charge is 2.21. The number of halogens is 1. The fourth-order valence-corrected chi connectivity index (χ4v) is 4.11. The zero-order valence-corrected chi connectivity index (χ0v) is 16.0. The Bertz CT molecular complexity index is 1090. The molecule has 9 heteroatoms. The van der Waals surface area contributed by atoms with Crippen LogP contribution < -0.4 is 4.72 Å². The summed E-state index contributed by atoms with van der Waals surface area (Å²) < 4.78 is 33.4. The minimum absolute atomic E-state index is 0.0426. The molecule has 3 rings (SSSR count). The average molecular weight is 393 g/mol. The number of sulfonamides is 1. The second-order valence-electron chi connectivity index (χ2n) is 5.72. The molecule has 0 aliphatic heterocycles. The summed E-state index contributed by atoms with van der Waals surface area (Å²) in [6, 6.07) is 6.55. The van der Waals surface area contributed by atoms with Gasteiger partial charge in [-0.1, -0.05) is 23.7 Å². The van der Waals surface area contributed by atoms with Gasteiger partial charge in [0.25, 0.3) is 10.0 Å². The molecule has 1 N–H and O–H groups in total. The topological polar surface area (TPSA) is 94.1 Å². The summed E-state index contributed by atoms with van der Waals surface area (Å²) in [5.41, 5.74) is 1.74. The van der Waals surface area contributed by atoms with Gasteiger partial charge in [0.15, 0.2) is 5.82 Å². The van der Waals surface area contributed by atoms with Crippen molar-refractivity contribution in [1.29, 1.82) is 0 Å². The molecule has 0 radical (unpaired) electrons. The van der Waals surface area contributed by atoms with E-state index in [0.29, 0.717) is 38.8 Å². The molecule has 0 aliphatic carbocycles. The lowest BCUT2D eigenvalue weighted by molar-refractivity contribution is 0.177. The Labute approximate surface area is 156 Å². The molecule has 7 nitrogen and oxygen atoms in total. The summed E-state index contributed by atoms with van der Waals surface area (Å²) in [5.74, 6) is 0.474. The number of ether oxygens (including phenoxy) is 1. The number of anilines is 1. The first kappa shape index (κ1) is 18.5. The number of aromatic nitrogens is 3. The van der Waals surface area contributed by atoms with Crippen molar-refractivity contribution >= 4 is 38.2 Å². The highest BCUT2D eigenvalue weighted by atomic mass is 35.5. The summed E-state index contributed by atoms with van der Waals surface area (Å²) in [6.45, 7) is 3.70. The monoisotopic (exact) mass is 392 g/mol. The van der Waals surface area contributed by atoms with Gasteiger partial charge >= 0.3 is 0 Å². The first-order valence-corrected chi connectivity index (χ1v) is 9.58. The predicted octanol–water partition coefficient (Wildman–Crippen LogP) is 3.24. The van der Waals surface area contributed by atoms with Crippen molar-refractivity contribution in [2.24, 2.45) is 0 Å². The van der Waals surface area contributed by atoms with Gasteiger partial charge in [-0.2, -0.15) is 0 Å². The molecule has 136 valence electrons. The van der Waals surface area contributed by atoms with Gasteiger partial charge in [-0.05, 0) is 26.0 Å². The zero-order chi connectivity index (χ0) is 18.9. The average Bonchev–Trinajstić information content (AvgIpc) is 2.57. The fourth-order valence-electron chi connectivity index (χ4n) is 2.53. The molecular formula is C17H17ClN4O3S. The molecule has 0 amide bonds. The van der Waals surface area contributed by atoms with E-state index in [1.54, 1.807) is 32.0 Å². The van der Waals surface area contributed by atoms with E-state index in [1.165, 1.54) is 19.4 Å². The third-order valence-corrected chi connectivity index (χ3v) is 5.43. The van der Waals surface area contributed by atoms with Crippen molar-refractivity contribution in [3.05, 3.63) is 52.7 Å². The number of fused-ring (bicyclic) bond motifs is 1. The normalized spacial score (nSPS) is 11.7. The molecule has 0 bridgehead atoms. The van der Waals surface area contributed by atoms with E-state index in [4.69, 9.17) is 16.3 Å². The molecule has 0 atom stereocenters. The van der Waals surface area contributed by atoms with Crippen molar-refractivity contribution in [3.8, 4) is 0 Å². The number of rotatable bonds is 5. The van der Waals surface area contributed by atoms with Crippen LogP contribution in [-0.4, -0.2) is 30.5 Å². The molecule has 26 heavy (non-hydrogen) atoms. The van der Waals surface area contributed by atoms with Crippen LogP contribution >= 0.6 is 11.6 Å². The quantitative estimate of drug-likeness (QED) is 0.716. The highest BCUT2D eigenvalue weighted by molar-refractivity contribution is 7.93. The summed E-state index contributed by atoms with van der Waals surface area (Å²) in [4.78, 5) is 12.7. The second kappa shape index (κ2) is 7.14. The van der Waals surface area contributed by atoms with Crippen LogP contribution in [0.1, 0.15) is 17.2 Å². The predicted molar refractivity (Wildman–Crippen MR) is 99.8 cm³/mol. The van der Waals surface area contributed by atoms with E-state index in [-0.39, 0.29) is 11.5 Å². The van der Waals surface area contributed by atoms with E-state index in [2.05, 4.69) is 19.7 Å². The maximum Gasteiger partial charge on any atom is 0.264 e. The maximum atomic E-state index is 12.9. The Balaban J connectivity index is 2.06. The van der Waals surface area contributed by atoms with Gasteiger partial charge in [0.1, 0.15) is 11.5 Å². The van der Waals surface area contributed by atoms with Crippen LogP contribution in [0, 0.1) is 13.8 Å². The number of benzene rings is 1. The fraction of sp³-hybridized carbons (Fsp3) is 0.235. The molecule has 1 aromatic carbocycles. The Kier molecular flexibility index (Phi) is 5.08. The first-order chi connectivity index (χ1) is 12.3. The van der Waals surface area contributed by atoms with Gasteiger partial charge in [-0.15, -0.1) is 0 Å². The molecule has 0 aliphatic rings. The Hall–Kier alpha value is -2.29. The Morgan fingerprint density at radius 3 is 2.69 bits per heavy atom. The number of nitrogens with one attached hydrogen (secondary N) is 1. The third kappa shape index (κ3) is 3.62. The van der Waals surface area contributed by atoms with Crippen molar-refractivity contribution in [2.75, 3.05) is 11.8 Å². The lowest BCUT2D eigenvalue weighted by Crippen LogP contribution is -2.16. The van der Waals surface area contributed by atoms with Crippen LogP contribution in [0.15, 0.2) is 35.4 Å². The SMILES string of the molecule is COCc1ncc(NS(=O)(=O)c2cccc3c(Cl)cc(C)nc23)c(C)n1. The highest BCUT2D eigenvalue weighted by Crippen LogP contribution is 2.29. The molecule has 3 aromatic rings. The third-order valence-electron chi connectivity index (χ3n) is 3.72. The number of aryl methyl sites for hydroxylation is 2. The molecule has 0 spiro atoms. The number of hydrogen-bond donors (Lipinski definition) is 1. The van der Waals surface area contributed by atoms with E-state index < -0.39 is 10.0 Å². The van der Waals surface area contributed by atoms with Crippen LogP contribution in [0.5, 0.6) is 0 Å². The summed E-state index contributed by atoms with van der Waals surface area (Å²) in [7, 11) is -2.37. The van der Waals surface area contributed by atoms with E-state index in [9.17, 15) is 8.42 Å². The van der Waals surface area contributed by atoms with Crippen molar-refractivity contribution in [1.82, 2.24) is 15.0 Å². The van der Waals surface area contributed by atoms with Gasteiger partial charge < -0.3 is 4.74 Å². The summed E-state index contributed by atoms with van der Waals surface area (Å²) in [5, 5.41) is 1.02. The maximum absolute atomic E-state index is 12.9. The summed E-state index contributed by atoms with van der Waals surface area (Å²) in [6.07, 6.45) is 1.42.